The number of amides is 1. The van der Waals surface area contributed by atoms with E-state index in [2.05, 4.69) is 38.2 Å². The number of carbonyl (C=O) groups is 1. The van der Waals surface area contributed by atoms with E-state index in [4.69, 9.17) is 4.74 Å². The first kappa shape index (κ1) is 22.5. The molecule has 0 aliphatic carbocycles. The Kier molecular flexibility index (Phi) is 6.65. The van der Waals surface area contributed by atoms with Crippen LogP contribution in [-0.4, -0.2) is 44.9 Å². The highest BCUT2D eigenvalue weighted by Crippen LogP contribution is 2.24. The average molecular weight is 431 g/mol. The van der Waals surface area contributed by atoms with E-state index in [-0.39, 0.29) is 22.3 Å². The normalized spacial score (nSPS) is 16.8. The van der Waals surface area contributed by atoms with E-state index in [1.165, 1.54) is 22.0 Å². The lowest BCUT2D eigenvalue weighted by molar-refractivity contribution is 0.0730. The third-order valence-electron chi connectivity index (χ3n) is 5.35. The van der Waals surface area contributed by atoms with Crippen LogP contribution in [0.25, 0.3) is 0 Å². The third kappa shape index (κ3) is 5.09. The minimum Gasteiger partial charge on any atom is -0.379 e. The highest BCUT2D eigenvalue weighted by atomic mass is 32.2. The molecule has 162 valence electrons. The molecule has 6 nitrogen and oxygen atoms in total. The van der Waals surface area contributed by atoms with Crippen molar-refractivity contribution < 1.29 is 17.9 Å². The highest BCUT2D eigenvalue weighted by Gasteiger charge is 2.26. The maximum absolute atomic E-state index is 12.7. The lowest BCUT2D eigenvalue weighted by atomic mass is 9.86. The molecular weight excluding hydrogens is 400 g/mol. The first-order chi connectivity index (χ1) is 14.1. The van der Waals surface area contributed by atoms with Gasteiger partial charge < -0.3 is 10.1 Å². The zero-order valence-electron chi connectivity index (χ0n) is 18.0. The maximum Gasteiger partial charge on any atom is 0.251 e. The lowest BCUT2D eigenvalue weighted by Crippen LogP contribution is -2.40. The van der Waals surface area contributed by atoms with Gasteiger partial charge in [0, 0.05) is 18.7 Å². The van der Waals surface area contributed by atoms with Gasteiger partial charge in [0.1, 0.15) is 0 Å². The summed E-state index contributed by atoms with van der Waals surface area (Å²) in [6, 6.07) is 14.2. The van der Waals surface area contributed by atoms with E-state index in [0.717, 1.165) is 5.56 Å². The number of benzene rings is 2. The number of morpholine rings is 1. The Morgan fingerprint density at radius 3 is 2.10 bits per heavy atom. The van der Waals surface area contributed by atoms with Crippen molar-refractivity contribution in [2.75, 3.05) is 26.3 Å². The molecule has 2 aromatic carbocycles. The van der Waals surface area contributed by atoms with Crippen LogP contribution in [0.5, 0.6) is 0 Å². The van der Waals surface area contributed by atoms with Crippen LogP contribution in [0, 0.1) is 0 Å². The summed E-state index contributed by atoms with van der Waals surface area (Å²) in [5.41, 5.74) is 2.76. The summed E-state index contributed by atoms with van der Waals surface area (Å²) in [4.78, 5) is 12.8. The molecule has 1 aliphatic heterocycles. The first-order valence-corrected chi connectivity index (χ1v) is 11.6. The fourth-order valence-electron chi connectivity index (χ4n) is 3.35. The van der Waals surface area contributed by atoms with E-state index in [1.807, 2.05) is 19.1 Å². The number of rotatable bonds is 5. The quantitative estimate of drug-likeness (QED) is 0.788. The number of nitrogens with one attached hydrogen (secondary N) is 1. The van der Waals surface area contributed by atoms with E-state index in [1.54, 1.807) is 12.1 Å². The minimum absolute atomic E-state index is 0.0777. The zero-order valence-corrected chi connectivity index (χ0v) is 18.8. The van der Waals surface area contributed by atoms with Gasteiger partial charge in [-0.1, -0.05) is 45.0 Å². The van der Waals surface area contributed by atoms with Crippen molar-refractivity contribution in [3.63, 3.8) is 0 Å². The fraction of sp³-hybridized carbons (Fsp3) is 0.435. The van der Waals surface area contributed by atoms with Gasteiger partial charge in [0.25, 0.3) is 5.91 Å². The molecule has 0 unspecified atom stereocenters. The van der Waals surface area contributed by atoms with Crippen molar-refractivity contribution in [2.45, 2.75) is 44.0 Å². The molecule has 1 aliphatic rings. The van der Waals surface area contributed by atoms with Gasteiger partial charge in [0.05, 0.1) is 24.2 Å². The topological polar surface area (TPSA) is 75.7 Å². The van der Waals surface area contributed by atoms with Gasteiger partial charge in [0.15, 0.2) is 0 Å². The molecule has 1 N–H and O–H groups in total. The van der Waals surface area contributed by atoms with Crippen LogP contribution >= 0.6 is 0 Å². The van der Waals surface area contributed by atoms with Gasteiger partial charge in [-0.15, -0.1) is 0 Å². The summed E-state index contributed by atoms with van der Waals surface area (Å²) < 4.78 is 32.0. The van der Waals surface area contributed by atoms with Crippen molar-refractivity contribution in [3.05, 3.63) is 65.2 Å². The second kappa shape index (κ2) is 8.88. The van der Waals surface area contributed by atoms with Crippen molar-refractivity contribution in [1.82, 2.24) is 9.62 Å². The Labute approximate surface area is 179 Å². The van der Waals surface area contributed by atoms with E-state index >= 15 is 0 Å². The van der Waals surface area contributed by atoms with Gasteiger partial charge in [-0.3, -0.25) is 4.79 Å². The van der Waals surface area contributed by atoms with Crippen LogP contribution in [0.4, 0.5) is 0 Å². The predicted octanol–water partition coefficient (Wildman–Crippen LogP) is 3.50. The largest absolute Gasteiger partial charge is 0.379 e. The van der Waals surface area contributed by atoms with E-state index < -0.39 is 10.0 Å². The number of sulfonamides is 1. The molecule has 0 bridgehead atoms. The van der Waals surface area contributed by atoms with Gasteiger partial charge in [-0.25, -0.2) is 8.42 Å². The Bertz CT molecular complexity index is 971. The van der Waals surface area contributed by atoms with Crippen LogP contribution in [0.15, 0.2) is 53.4 Å². The minimum atomic E-state index is -3.57. The van der Waals surface area contributed by atoms with Crippen LogP contribution in [-0.2, 0) is 20.2 Å². The molecule has 0 spiro atoms. The summed E-state index contributed by atoms with van der Waals surface area (Å²) in [5.74, 6) is -0.238. The third-order valence-corrected chi connectivity index (χ3v) is 7.26. The summed E-state index contributed by atoms with van der Waals surface area (Å²) in [5, 5.41) is 2.98. The standard InChI is InChI=1S/C23H30N2O4S/c1-17(18-5-9-20(10-6-18)23(2,3)4)24-22(26)19-7-11-21(12-8-19)30(27,28)25-13-15-29-16-14-25/h5-12,17H,13-16H2,1-4H3,(H,24,26)/t17-/m0/s1. The molecule has 2 aromatic rings. The van der Waals surface area contributed by atoms with Gasteiger partial charge in [-0.05, 0) is 47.7 Å². The van der Waals surface area contributed by atoms with Gasteiger partial charge >= 0.3 is 0 Å². The van der Waals surface area contributed by atoms with Crippen LogP contribution < -0.4 is 5.32 Å². The van der Waals surface area contributed by atoms with E-state index in [9.17, 15) is 13.2 Å². The Morgan fingerprint density at radius 2 is 1.57 bits per heavy atom. The molecule has 1 saturated heterocycles. The smallest absolute Gasteiger partial charge is 0.251 e. The molecule has 1 atom stereocenters. The average Bonchev–Trinajstić information content (AvgIpc) is 2.74. The number of ether oxygens (including phenoxy) is 1. The Hall–Kier alpha value is -2.22. The second-order valence-electron chi connectivity index (χ2n) is 8.61. The molecule has 0 radical (unpaired) electrons. The van der Waals surface area contributed by atoms with Gasteiger partial charge in [0.2, 0.25) is 10.0 Å². The van der Waals surface area contributed by atoms with Crippen molar-refractivity contribution in [2.24, 2.45) is 0 Å². The SMILES string of the molecule is C[C@H](NC(=O)c1ccc(S(=O)(=O)N2CCOCC2)cc1)c1ccc(C(C)(C)C)cc1. The van der Waals surface area contributed by atoms with Crippen LogP contribution in [0.1, 0.15) is 55.2 Å². The Morgan fingerprint density at radius 1 is 1.00 bits per heavy atom. The lowest BCUT2D eigenvalue weighted by Gasteiger charge is -2.26. The summed E-state index contributed by atoms with van der Waals surface area (Å²) >= 11 is 0. The zero-order chi connectivity index (χ0) is 21.9. The summed E-state index contributed by atoms with van der Waals surface area (Å²) in [7, 11) is -3.57. The number of carbonyl (C=O) groups excluding carboxylic acids is 1. The molecule has 3 rings (SSSR count). The molecule has 30 heavy (non-hydrogen) atoms. The number of hydrogen-bond acceptors (Lipinski definition) is 4. The summed E-state index contributed by atoms with van der Waals surface area (Å²) in [6.07, 6.45) is 0. The fourth-order valence-corrected chi connectivity index (χ4v) is 4.76. The van der Waals surface area contributed by atoms with E-state index in [0.29, 0.717) is 31.9 Å². The molecule has 0 saturated carbocycles. The second-order valence-corrected chi connectivity index (χ2v) is 10.5. The monoisotopic (exact) mass is 430 g/mol. The number of hydrogen-bond donors (Lipinski definition) is 1. The first-order valence-electron chi connectivity index (χ1n) is 10.2. The molecule has 0 aromatic heterocycles. The van der Waals surface area contributed by atoms with Crippen LogP contribution in [0.3, 0.4) is 0 Å². The highest BCUT2D eigenvalue weighted by molar-refractivity contribution is 7.89. The maximum atomic E-state index is 12.7. The van der Waals surface area contributed by atoms with Crippen LogP contribution in [0.2, 0.25) is 0 Å². The summed E-state index contributed by atoms with van der Waals surface area (Å²) in [6.45, 7) is 9.90. The van der Waals surface area contributed by atoms with Crippen molar-refractivity contribution in [3.8, 4) is 0 Å². The van der Waals surface area contributed by atoms with Crippen molar-refractivity contribution >= 4 is 15.9 Å². The molecule has 1 amide bonds. The number of nitrogens with zero attached hydrogens (tertiary/aromatic N) is 1. The van der Waals surface area contributed by atoms with Crippen molar-refractivity contribution in [1.29, 1.82) is 0 Å². The van der Waals surface area contributed by atoms with Gasteiger partial charge in [-0.2, -0.15) is 4.31 Å². The molecule has 1 fully saturated rings. The molecular formula is C23H30N2O4S. The Balaban J connectivity index is 1.67. The predicted molar refractivity (Wildman–Crippen MR) is 117 cm³/mol. The molecule has 1 heterocycles. The molecule has 7 heteroatoms.